The van der Waals surface area contributed by atoms with E-state index in [-0.39, 0.29) is 17.2 Å². The van der Waals surface area contributed by atoms with Crippen LogP contribution >= 0.6 is 0 Å². The van der Waals surface area contributed by atoms with Crippen molar-refractivity contribution in [2.24, 2.45) is 16.8 Å². The molecule has 0 aliphatic heterocycles. The van der Waals surface area contributed by atoms with Gasteiger partial charge in [-0.25, -0.2) is 14.8 Å². The molecule has 10 heteroatoms. The smallest absolute Gasteiger partial charge is 0.477 e. The van der Waals surface area contributed by atoms with Gasteiger partial charge in [-0.05, 0) is 60.2 Å². The number of benzene rings is 2. The average molecular weight is 529 g/mol. The number of pyridine rings is 1. The summed E-state index contributed by atoms with van der Waals surface area (Å²) in [5.41, 5.74) is 0.525. The van der Waals surface area contributed by atoms with Gasteiger partial charge in [0.05, 0.1) is 0 Å². The lowest BCUT2D eigenvalue weighted by Gasteiger charge is -2.14. The Morgan fingerprint density at radius 2 is 1.66 bits per heavy atom. The van der Waals surface area contributed by atoms with E-state index in [4.69, 9.17) is 4.74 Å². The van der Waals surface area contributed by atoms with Gasteiger partial charge in [-0.15, -0.1) is 13.2 Å². The predicted octanol–water partition coefficient (Wildman–Crippen LogP) is 6.98. The molecule has 0 bridgehead atoms. The van der Waals surface area contributed by atoms with Crippen molar-refractivity contribution in [3.63, 3.8) is 0 Å². The number of alkyl halides is 3. The van der Waals surface area contributed by atoms with Crippen LogP contribution in [0.2, 0.25) is 0 Å². The van der Waals surface area contributed by atoms with Gasteiger partial charge in [0.25, 0.3) is 5.91 Å². The van der Waals surface area contributed by atoms with Crippen molar-refractivity contribution in [3.05, 3.63) is 59.9 Å². The Bertz CT molecular complexity index is 1360. The van der Waals surface area contributed by atoms with E-state index in [1.54, 1.807) is 38.1 Å². The van der Waals surface area contributed by atoms with Crippen LogP contribution in [0.3, 0.4) is 0 Å². The molecule has 0 unspecified atom stereocenters. The first kappa shape index (κ1) is 27.1. The van der Waals surface area contributed by atoms with Gasteiger partial charge in [0.15, 0.2) is 0 Å². The number of carbonyl (C=O) groups is 2. The lowest BCUT2D eigenvalue weighted by atomic mass is 9.97. The highest BCUT2D eigenvalue weighted by Gasteiger charge is 2.31. The summed E-state index contributed by atoms with van der Waals surface area (Å²) < 4.78 is 47.0. The number of halogens is 3. The first-order valence-corrected chi connectivity index (χ1v) is 12.3. The SMILES string of the molecule is CC(C)/C(=N/C(=O)c1cc2ccc(Oc3ccc(OC(F)(F)F)cc3)cc2c(CC2CCCC2)n1)C(=O)O. The molecular weight excluding hydrogens is 501 g/mol. The number of aliphatic carboxylic acids is 1. The topological polar surface area (TPSA) is 98.1 Å². The van der Waals surface area contributed by atoms with Crippen molar-refractivity contribution in [2.45, 2.75) is 52.3 Å². The van der Waals surface area contributed by atoms with E-state index < -0.39 is 24.2 Å². The van der Waals surface area contributed by atoms with Gasteiger partial charge in [0.1, 0.15) is 28.7 Å². The van der Waals surface area contributed by atoms with Crippen LogP contribution in [-0.2, 0) is 11.2 Å². The monoisotopic (exact) mass is 528 g/mol. The number of amides is 1. The maximum Gasteiger partial charge on any atom is 0.573 e. The van der Waals surface area contributed by atoms with Crippen LogP contribution in [0.5, 0.6) is 17.2 Å². The molecule has 0 atom stereocenters. The van der Waals surface area contributed by atoms with Crippen LogP contribution in [0, 0.1) is 11.8 Å². The fourth-order valence-corrected chi connectivity index (χ4v) is 4.55. The normalized spacial score (nSPS) is 14.7. The van der Waals surface area contributed by atoms with Crippen molar-refractivity contribution in [2.75, 3.05) is 0 Å². The van der Waals surface area contributed by atoms with Gasteiger partial charge >= 0.3 is 12.3 Å². The fourth-order valence-electron chi connectivity index (χ4n) is 4.55. The number of rotatable bonds is 8. The van der Waals surface area contributed by atoms with Gasteiger partial charge < -0.3 is 14.6 Å². The van der Waals surface area contributed by atoms with E-state index in [9.17, 15) is 27.9 Å². The van der Waals surface area contributed by atoms with Crippen LogP contribution < -0.4 is 9.47 Å². The summed E-state index contributed by atoms with van der Waals surface area (Å²) in [6, 6.07) is 11.9. The largest absolute Gasteiger partial charge is 0.573 e. The van der Waals surface area contributed by atoms with Crippen LogP contribution in [0.1, 0.15) is 55.7 Å². The molecule has 2 aromatic carbocycles. The highest BCUT2D eigenvalue weighted by atomic mass is 19.4. The number of nitrogens with zero attached hydrogens (tertiary/aromatic N) is 2. The Kier molecular flexibility index (Phi) is 7.99. The van der Waals surface area contributed by atoms with E-state index in [0.717, 1.165) is 43.2 Å². The maximum absolute atomic E-state index is 12.9. The molecule has 0 radical (unpaired) electrons. The zero-order chi connectivity index (χ0) is 27.4. The van der Waals surface area contributed by atoms with E-state index in [1.165, 1.54) is 12.1 Å². The number of carboxylic acid groups (broad SMARTS) is 1. The number of carboxylic acids is 1. The summed E-state index contributed by atoms with van der Waals surface area (Å²) in [7, 11) is 0. The summed E-state index contributed by atoms with van der Waals surface area (Å²) in [6.07, 6.45) is 0.231. The van der Waals surface area contributed by atoms with Crippen molar-refractivity contribution < 1.29 is 37.3 Å². The molecule has 1 N–H and O–H groups in total. The molecular formula is C28H27F3N2O5. The Morgan fingerprint density at radius 3 is 2.26 bits per heavy atom. The lowest BCUT2D eigenvalue weighted by Crippen LogP contribution is -2.21. The van der Waals surface area contributed by atoms with E-state index in [0.29, 0.717) is 34.9 Å². The second-order valence-electron chi connectivity index (χ2n) is 9.58. The summed E-state index contributed by atoms with van der Waals surface area (Å²) >= 11 is 0. The van der Waals surface area contributed by atoms with Crippen LogP contribution in [0.15, 0.2) is 53.5 Å². The van der Waals surface area contributed by atoms with Gasteiger partial charge in [-0.3, -0.25) is 4.79 Å². The molecule has 38 heavy (non-hydrogen) atoms. The molecule has 200 valence electrons. The maximum atomic E-state index is 12.9. The molecule has 1 amide bonds. The van der Waals surface area contributed by atoms with Crippen molar-refractivity contribution in [1.29, 1.82) is 0 Å². The van der Waals surface area contributed by atoms with Crippen molar-refractivity contribution in [1.82, 2.24) is 4.98 Å². The summed E-state index contributed by atoms with van der Waals surface area (Å²) in [6.45, 7) is 3.30. The molecule has 0 spiro atoms. The number of fused-ring (bicyclic) bond motifs is 1. The minimum Gasteiger partial charge on any atom is -0.477 e. The fraction of sp³-hybridized carbons (Fsp3) is 0.357. The molecule has 1 saturated carbocycles. The molecule has 1 heterocycles. The zero-order valence-electron chi connectivity index (χ0n) is 20.9. The second kappa shape index (κ2) is 11.2. The van der Waals surface area contributed by atoms with E-state index in [1.807, 2.05) is 0 Å². The highest BCUT2D eigenvalue weighted by molar-refractivity contribution is 6.38. The third-order valence-electron chi connectivity index (χ3n) is 6.34. The molecule has 1 aliphatic rings. The summed E-state index contributed by atoms with van der Waals surface area (Å²) in [5, 5.41) is 10.9. The Labute approximate surface area is 217 Å². The minimum absolute atomic E-state index is 0.0684. The molecule has 1 aromatic heterocycles. The minimum atomic E-state index is -4.78. The first-order valence-electron chi connectivity index (χ1n) is 12.3. The second-order valence-corrected chi connectivity index (χ2v) is 9.58. The number of aliphatic imine (C=N–C) groups is 1. The molecule has 3 aromatic rings. The van der Waals surface area contributed by atoms with Gasteiger partial charge in [0.2, 0.25) is 0 Å². The van der Waals surface area contributed by atoms with Crippen LogP contribution in [0.25, 0.3) is 10.8 Å². The molecule has 7 nitrogen and oxygen atoms in total. The van der Waals surface area contributed by atoms with Crippen LogP contribution in [-0.4, -0.2) is 34.0 Å². The Morgan fingerprint density at radius 1 is 1.03 bits per heavy atom. The zero-order valence-corrected chi connectivity index (χ0v) is 20.9. The summed E-state index contributed by atoms with van der Waals surface area (Å²) in [4.78, 5) is 32.9. The Hall–Kier alpha value is -3.95. The van der Waals surface area contributed by atoms with Crippen molar-refractivity contribution in [3.8, 4) is 17.2 Å². The summed E-state index contributed by atoms with van der Waals surface area (Å²) in [5.74, 6) is -1.58. The van der Waals surface area contributed by atoms with E-state index in [2.05, 4.69) is 14.7 Å². The highest BCUT2D eigenvalue weighted by Crippen LogP contribution is 2.33. The Balaban J connectivity index is 1.67. The van der Waals surface area contributed by atoms with Gasteiger partial charge in [-0.2, -0.15) is 0 Å². The third-order valence-corrected chi connectivity index (χ3v) is 6.34. The molecule has 1 aliphatic carbocycles. The van der Waals surface area contributed by atoms with Gasteiger partial charge in [0, 0.05) is 17.0 Å². The number of ether oxygens (including phenoxy) is 2. The van der Waals surface area contributed by atoms with Crippen molar-refractivity contribution >= 4 is 28.4 Å². The number of hydrogen-bond donors (Lipinski definition) is 1. The predicted molar refractivity (Wildman–Crippen MR) is 135 cm³/mol. The standard InChI is InChI=1S/C28H27F3N2O5/c1-16(2)25(27(35)36)33-26(34)24-14-18-7-8-21(15-22(18)23(32-24)13-17-5-3-4-6-17)37-19-9-11-20(12-10-19)38-28(29,30)31/h7-12,14-17H,3-6,13H2,1-2H3,(H,35,36)/b33-25-. The third kappa shape index (κ3) is 6.87. The average Bonchev–Trinajstić information content (AvgIpc) is 3.35. The number of carbonyl (C=O) groups excluding carboxylic acids is 1. The number of hydrogen-bond acceptors (Lipinski definition) is 5. The molecule has 0 saturated heterocycles. The molecule has 1 fully saturated rings. The van der Waals surface area contributed by atoms with Crippen LogP contribution in [0.4, 0.5) is 13.2 Å². The first-order chi connectivity index (χ1) is 18.0. The van der Waals surface area contributed by atoms with Gasteiger partial charge in [-0.1, -0.05) is 45.6 Å². The van der Waals surface area contributed by atoms with E-state index >= 15 is 0 Å². The molecule has 4 rings (SSSR count). The number of aromatic nitrogens is 1. The quantitative estimate of drug-likeness (QED) is 0.317. The lowest BCUT2D eigenvalue weighted by molar-refractivity contribution is -0.274.